The summed E-state index contributed by atoms with van der Waals surface area (Å²) in [6.07, 6.45) is -2.40. The van der Waals surface area contributed by atoms with Gasteiger partial charge < -0.3 is 14.5 Å². The van der Waals surface area contributed by atoms with Gasteiger partial charge in [0.05, 0.1) is 31.1 Å². The number of hydrogen-bond donors (Lipinski definition) is 0. The van der Waals surface area contributed by atoms with Crippen LogP contribution in [0.25, 0.3) is 5.69 Å². The average Bonchev–Trinajstić information content (AvgIpc) is 3.12. The third-order valence-corrected chi connectivity index (χ3v) is 5.89. The van der Waals surface area contributed by atoms with E-state index in [9.17, 15) is 22.8 Å². The summed E-state index contributed by atoms with van der Waals surface area (Å²) in [5.74, 6) is -0.119. The summed E-state index contributed by atoms with van der Waals surface area (Å²) in [5, 5.41) is 4.25. The minimum Gasteiger partial charge on any atom is -0.493 e. The Kier molecular flexibility index (Phi) is 8.19. The number of aromatic nitrogens is 2. The predicted molar refractivity (Wildman–Crippen MR) is 120 cm³/mol. The Balaban J connectivity index is 1.74. The number of rotatable bonds is 7. The van der Waals surface area contributed by atoms with E-state index in [1.165, 1.54) is 30.1 Å². The number of alkyl halides is 3. The van der Waals surface area contributed by atoms with Gasteiger partial charge in [-0.05, 0) is 38.5 Å². The van der Waals surface area contributed by atoms with Gasteiger partial charge in [-0.2, -0.15) is 18.3 Å². The summed E-state index contributed by atoms with van der Waals surface area (Å²) < 4.78 is 45.8. The quantitative estimate of drug-likeness (QED) is 0.608. The lowest BCUT2D eigenvalue weighted by atomic mass is 10.2. The zero-order valence-electron chi connectivity index (χ0n) is 19.6. The lowest BCUT2D eigenvalue weighted by molar-refractivity contribution is -0.137. The lowest BCUT2D eigenvalue weighted by Gasteiger charge is -2.25. The van der Waals surface area contributed by atoms with Gasteiger partial charge in [-0.3, -0.25) is 14.5 Å². The fraction of sp³-hybridized carbons (Fsp3) is 0.522. The van der Waals surface area contributed by atoms with Crippen molar-refractivity contribution < 1.29 is 27.5 Å². The molecule has 0 saturated carbocycles. The molecule has 11 heteroatoms. The second kappa shape index (κ2) is 10.9. The summed E-state index contributed by atoms with van der Waals surface area (Å²) in [4.78, 5) is 31.1. The molecule has 1 aliphatic heterocycles. The molecular formula is C23H30F3N5O3. The minimum atomic E-state index is -4.49. The first-order valence-electron chi connectivity index (χ1n) is 11.3. The van der Waals surface area contributed by atoms with Crippen LogP contribution in [-0.2, 0) is 11.0 Å². The molecule has 1 aromatic carbocycles. The van der Waals surface area contributed by atoms with Crippen molar-refractivity contribution in [1.82, 2.24) is 24.5 Å². The Labute approximate surface area is 196 Å². The number of likely N-dealkylation sites (N-methyl/N-ethyl adjacent to an activating group) is 1. The average molecular weight is 482 g/mol. The van der Waals surface area contributed by atoms with Gasteiger partial charge in [-0.1, -0.05) is 6.07 Å². The van der Waals surface area contributed by atoms with Crippen LogP contribution < -0.4 is 4.74 Å². The largest absolute Gasteiger partial charge is 0.493 e. The first kappa shape index (κ1) is 25.5. The van der Waals surface area contributed by atoms with E-state index in [-0.39, 0.29) is 28.9 Å². The molecule has 2 aromatic rings. The van der Waals surface area contributed by atoms with Crippen molar-refractivity contribution in [2.75, 3.05) is 52.9 Å². The number of amides is 2. The maximum atomic E-state index is 13.2. The van der Waals surface area contributed by atoms with E-state index >= 15 is 0 Å². The van der Waals surface area contributed by atoms with Crippen LogP contribution in [0.2, 0.25) is 0 Å². The van der Waals surface area contributed by atoms with E-state index in [0.29, 0.717) is 52.2 Å². The van der Waals surface area contributed by atoms with Crippen LogP contribution in [0.4, 0.5) is 13.2 Å². The van der Waals surface area contributed by atoms with Crippen LogP contribution >= 0.6 is 0 Å². The smallest absolute Gasteiger partial charge is 0.416 e. The van der Waals surface area contributed by atoms with Crippen molar-refractivity contribution >= 4 is 11.8 Å². The maximum Gasteiger partial charge on any atom is 0.416 e. The second-order valence-electron chi connectivity index (χ2n) is 8.03. The summed E-state index contributed by atoms with van der Waals surface area (Å²) in [7, 11) is 1.38. The predicted octanol–water partition coefficient (Wildman–Crippen LogP) is 2.92. The van der Waals surface area contributed by atoms with Crippen molar-refractivity contribution in [2.24, 2.45) is 0 Å². The van der Waals surface area contributed by atoms with Gasteiger partial charge in [0.2, 0.25) is 5.91 Å². The monoisotopic (exact) mass is 481 g/mol. The summed E-state index contributed by atoms with van der Waals surface area (Å²) >= 11 is 0. The Morgan fingerprint density at radius 2 is 1.85 bits per heavy atom. The molecule has 0 N–H and O–H groups in total. The standard InChI is InChI=1S/C23H30F3N5O3/c1-4-29(5-2)20(32)16-28-10-7-11-30(13-12-28)22(33)21-19(34-3)15-31(27-21)18-9-6-8-17(14-18)23(24,25)26/h6,8-9,14-15H,4-5,7,10-13,16H2,1-3H3. The highest BCUT2D eigenvalue weighted by molar-refractivity contribution is 5.95. The van der Waals surface area contributed by atoms with E-state index in [4.69, 9.17) is 4.74 Å². The third kappa shape index (κ3) is 5.88. The van der Waals surface area contributed by atoms with Gasteiger partial charge in [0.25, 0.3) is 5.91 Å². The molecule has 0 radical (unpaired) electrons. The van der Waals surface area contributed by atoms with Crippen molar-refractivity contribution in [3.05, 3.63) is 41.7 Å². The minimum absolute atomic E-state index is 0.0348. The van der Waals surface area contributed by atoms with E-state index in [1.807, 2.05) is 18.7 Å². The molecule has 1 aromatic heterocycles. The van der Waals surface area contributed by atoms with Crippen molar-refractivity contribution in [3.63, 3.8) is 0 Å². The van der Waals surface area contributed by atoms with Gasteiger partial charge in [0.15, 0.2) is 11.4 Å². The highest BCUT2D eigenvalue weighted by Crippen LogP contribution is 2.31. The number of nitrogens with zero attached hydrogens (tertiary/aromatic N) is 5. The zero-order chi connectivity index (χ0) is 24.9. The van der Waals surface area contributed by atoms with E-state index in [0.717, 1.165) is 12.1 Å². The van der Waals surface area contributed by atoms with Crippen LogP contribution in [0, 0.1) is 0 Å². The van der Waals surface area contributed by atoms with Crippen LogP contribution in [0.5, 0.6) is 5.75 Å². The fourth-order valence-electron chi connectivity index (χ4n) is 3.96. The van der Waals surface area contributed by atoms with Crippen molar-refractivity contribution in [1.29, 1.82) is 0 Å². The van der Waals surface area contributed by atoms with E-state index < -0.39 is 11.7 Å². The Morgan fingerprint density at radius 3 is 2.50 bits per heavy atom. The zero-order valence-corrected chi connectivity index (χ0v) is 19.6. The molecule has 1 aliphatic rings. The van der Waals surface area contributed by atoms with Gasteiger partial charge in [-0.25, -0.2) is 4.68 Å². The van der Waals surface area contributed by atoms with Crippen LogP contribution in [0.3, 0.4) is 0 Å². The molecule has 0 aliphatic carbocycles. The SMILES string of the molecule is CCN(CC)C(=O)CN1CCCN(C(=O)c2nn(-c3cccc(C(F)(F)F)c3)cc2OC)CC1. The normalized spacial score (nSPS) is 15.2. The lowest BCUT2D eigenvalue weighted by Crippen LogP contribution is -2.42. The number of hydrogen-bond acceptors (Lipinski definition) is 5. The van der Waals surface area contributed by atoms with Crippen LogP contribution in [0.15, 0.2) is 30.5 Å². The third-order valence-electron chi connectivity index (χ3n) is 5.89. The first-order chi connectivity index (χ1) is 16.2. The van der Waals surface area contributed by atoms with Crippen molar-refractivity contribution in [2.45, 2.75) is 26.4 Å². The Hall–Kier alpha value is -3.08. The molecule has 3 rings (SSSR count). The number of halogens is 3. The Bertz CT molecular complexity index is 1000. The van der Waals surface area contributed by atoms with Crippen LogP contribution in [-0.4, -0.2) is 89.2 Å². The molecule has 0 unspecified atom stereocenters. The number of carbonyl (C=O) groups is 2. The molecule has 2 heterocycles. The molecule has 186 valence electrons. The molecule has 8 nitrogen and oxygen atoms in total. The van der Waals surface area contributed by atoms with E-state index in [2.05, 4.69) is 5.10 Å². The fourth-order valence-corrected chi connectivity index (χ4v) is 3.96. The first-order valence-corrected chi connectivity index (χ1v) is 11.3. The molecule has 1 fully saturated rings. The summed E-state index contributed by atoms with van der Waals surface area (Å²) in [6, 6.07) is 4.71. The number of methoxy groups -OCH3 is 1. The highest BCUT2D eigenvalue weighted by Gasteiger charge is 2.31. The molecule has 2 amide bonds. The van der Waals surface area contributed by atoms with Gasteiger partial charge in [-0.15, -0.1) is 0 Å². The molecule has 0 spiro atoms. The molecule has 0 bridgehead atoms. The molecule has 1 saturated heterocycles. The van der Waals surface area contributed by atoms with E-state index in [1.54, 1.807) is 9.80 Å². The summed E-state index contributed by atoms with van der Waals surface area (Å²) in [5.41, 5.74) is -0.601. The Morgan fingerprint density at radius 1 is 1.12 bits per heavy atom. The highest BCUT2D eigenvalue weighted by atomic mass is 19.4. The van der Waals surface area contributed by atoms with Gasteiger partial charge >= 0.3 is 6.18 Å². The molecule has 34 heavy (non-hydrogen) atoms. The van der Waals surface area contributed by atoms with Gasteiger partial charge in [0, 0.05) is 39.3 Å². The topological polar surface area (TPSA) is 70.9 Å². The maximum absolute atomic E-state index is 13.2. The van der Waals surface area contributed by atoms with Crippen LogP contribution in [0.1, 0.15) is 36.3 Å². The number of carbonyl (C=O) groups excluding carboxylic acids is 2. The van der Waals surface area contributed by atoms with Gasteiger partial charge in [0.1, 0.15) is 0 Å². The number of ether oxygens (including phenoxy) is 1. The van der Waals surface area contributed by atoms with Crippen molar-refractivity contribution in [3.8, 4) is 11.4 Å². The second-order valence-corrected chi connectivity index (χ2v) is 8.03. The summed E-state index contributed by atoms with van der Waals surface area (Å²) in [6.45, 7) is 7.61. The number of benzene rings is 1. The molecule has 0 atom stereocenters. The molecular weight excluding hydrogens is 451 g/mol.